The Labute approximate surface area is 141 Å². The summed E-state index contributed by atoms with van der Waals surface area (Å²) in [6.07, 6.45) is 13.0. The smallest absolute Gasteiger partial charge is 0.264 e. The number of hydrogen-bond donors (Lipinski definition) is 3. The molecule has 0 unspecified atom stereocenters. The van der Waals surface area contributed by atoms with Crippen LogP contribution in [0.2, 0.25) is 0 Å². The lowest BCUT2D eigenvalue weighted by Gasteiger charge is -2.33. The molecule has 6 heteroatoms. The summed E-state index contributed by atoms with van der Waals surface area (Å²) in [5.41, 5.74) is 5.98. The zero-order valence-corrected chi connectivity index (χ0v) is 15.1. The predicted octanol–water partition coefficient (Wildman–Crippen LogP) is 2.71. The molecule has 2 rings (SSSR count). The first-order valence-electron chi connectivity index (χ1n) is 9.36. The predicted molar refractivity (Wildman–Crippen MR) is 93.9 cm³/mol. The standard InChI is InChI=1S/C17H34N2O3S/c18-16-7-3-14(4-8-16)13-15-5-9-17(10-6-15)19-11-1-2-12-23(20,21)22/h14-17,19H,1-13,18H2,(H,20,21,22). The molecule has 0 atom stereocenters. The highest BCUT2D eigenvalue weighted by Crippen LogP contribution is 2.35. The van der Waals surface area contributed by atoms with Gasteiger partial charge in [-0.1, -0.05) is 0 Å². The summed E-state index contributed by atoms with van der Waals surface area (Å²) in [5.74, 6) is 1.68. The monoisotopic (exact) mass is 346 g/mol. The van der Waals surface area contributed by atoms with Gasteiger partial charge in [-0.15, -0.1) is 0 Å². The Morgan fingerprint density at radius 1 is 0.913 bits per heavy atom. The highest BCUT2D eigenvalue weighted by molar-refractivity contribution is 7.85. The van der Waals surface area contributed by atoms with Crippen molar-refractivity contribution >= 4 is 10.1 Å². The molecule has 4 N–H and O–H groups in total. The fourth-order valence-corrected chi connectivity index (χ4v) is 4.78. The molecular weight excluding hydrogens is 312 g/mol. The van der Waals surface area contributed by atoms with Crippen molar-refractivity contribution in [3.05, 3.63) is 0 Å². The van der Waals surface area contributed by atoms with Gasteiger partial charge in [0, 0.05) is 12.1 Å². The summed E-state index contributed by atoms with van der Waals surface area (Å²) in [7, 11) is -3.79. The highest BCUT2D eigenvalue weighted by Gasteiger charge is 2.25. The van der Waals surface area contributed by atoms with Crippen molar-refractivity contribution in [2.75, 3.05) is 12.3 Å². The van der Waals surface area contributed by atoms with Crippen molar-refractivity contribution in [3.63, 3.8) is 0 Å². The van der Waals surface area contributed by atoms with Crippen LogP contribution in [-0.2, 0) is 10.1 Å². The molecule has 2 fully saturated rings. The Balaban J connectivity index is 1.52. The molecular formula is C17H34N2O3S. The number of nitrogens with two attached hydrogens (primary N) is 1. The summed E-state index contributed by atoms with van der Waals surface area (Å²) in [6.45, 7) is 0.853. The third-order valence-electron chi connectivity index (χ3n) is 5.67. The third-order valence-corrected chi connectivity index (χ3v) is 6.47. The largest absolute Gasteiger partial charge is 0.328 e. The van der Waals surface area contributed by atoms with Crippen LogP contribution in [0.4, 0.5) is 0 Å². The Bertz CT molecular complexity index is 425. The second-order valence-electron chi connectivity index (χ2n) is 7.68. The second kappa shape index (κ2) is 9.35. The number of hydrogen-bond acceptors (Lipinski definition) is 4. The maximum absolute atomic E-state index is 10.6. The molecule has 0 aromatic carbocycles. The van der Waals surface area contributed by atoms with E-state index in [1.165, 1.54) is 57.8 Å². The molecule has 0 spiro atoms. The van der Waals surface area contributed by atoms with Crippen LogP contribution < -0.4 is 11.1 Å². The van der Waals surface area contributed by atoms with E-state index >= 15 is 0 Å². The Kier molecular flexibility index (Phi) is 7.79. The Hall–Kier alpha value is -0.170. The molecule has 0 amide bonds. The van der Waals surface area contributed by atoms with Gasteiger partial charge in [-0.2, -0.15) is 8.42 Å². The molecule has 2 aliphatic rings. The van der Waals surface area contributed by atoms with Crippen LogP contribution in [0.1, 0.15) is 70.6 Å². The van der Waals surface area contributed by atoms with Crippen LogP contribution in [0.25, 0.3) is 0 Å². The van der Waals surface area contributed by atoms with E-state index in [0.717, 1.165) is 24.8 Å². The van der Waals surface area contributed by atoms with Crippen LogP contribution in [0, 0.1) is 11.8 Å². The minimum Gasteiger partial charge on any atom is -0.328 e. The van der Waals surface area contributed by atoms with Gasteiger partial charge in [0.1, 0.15) is 0 Å². The van der Waals surface area contributed by atoms with E-state index in [4.69, 9.17) is 10.3 Å². The number of nitrogens with one attached hydrogen (secondary N) is 1. The zero-order valence-electron chi connectivity index (χ0n) is 14.3. The first-order valence-corrected chi connectivity index (χ1v) is 11.0. The number of unbranched alkanes of at least 4 members (excludes halogenated alkanes) is 1. The van der Waals surface area contributed by atoms with Crippen molar-refractivity contribution in [3.8, 4) is 0 Å². The molecule has 0 aliphatic heterocycles. The van der Waals surface area contributed by atoms with Gasteiger partial charge in [-0.25, -0.2) is 0 Å². The summed E-state index contributed by atoms with van der Waals surface area (Å²) in [6, 6.07) is 1.05. The van der Waals surface area contributed by atoms with Crippen LogP contribution in [0.15, 0.2) is 0 Å². The normalized spacial score (nSPS) is 32.8. The highest BCUT2D eigenvalue weighted by atomic mass is 32.2. The fourth-order valence-electron chi connectivity index (χ4n) is 4.21. The fraction of sp³-hybridized carbons (Fsp3) is 1.00. The van der Waals surface area contributed by atoms with Gasteiger partial charge in [0.25, 0.3) is 10.1 Å². The summed E-state index contributed by atoms with van der Waals surface area (Å²) >= 11 is 0. The summed E-state index contributed by atoms with van der Waals surface area (Å²) < 4.78 is 30.0. The van der Waals surface area contributed by atoms with Gasteiger partial charge < -0.3 is 11.1 Å². The number of rotatable bonds is 8. The van der Waals surface area contributed by atoms with E-state index in [1.54, 1.807) is 0 Å². The lowest BCUT2D eigenvalue weighted by atomic mass is 9.76. The van der Waals surface area contributed by atoms with Crippen LogP contribution in [-0.4, -0.2) is 37.4 Å². The first kappa shape index (κ1) is 19.2. The molecule has 2 saturated carbocycles. The maximum Gasteiger partial charge on any atom is 0.264 e. The molecule has 0 saturated heterocycles. The van der Waals surface area contributed by atoms with E-state index in [1.807, 2.05) is 0 Å². The van der Waals surface area contributed by atoms with E-state index in [-0.39, 0.29) is 5.75 Å². The minimum absolute atomic E-state index is 0.119. The van der Waals surface area contributed by atoms with Gasteiger partial charge in [-0.3, -0.25) is 4.55 Å². The van der Waals surface area contributed by atoms with Gasteiger partial charge in [0.15, 0.2) is 0 Å². The second-order valence-corrected chi connectivity index (χ2v) is 9.25. The quantitative estimate of drug-likeness (QED) is 0.464. The van der Waals surface area contributed by atoms with Crippen molar-refractivity contribution < 1.29 is 13.0 Å². The van der Waals surface area contributed by atoms with Crippen LogP contribution in [0.3, 0.4) is 0 Å². The minimum atomic E-state index is -3.79. The molecule has 23 heavy (non-hydrogen) atoms. The average Bonchev–Trinajstić information content (AvgIpc) is 2.50. The van der Waals surface area contributed by atoms with Crippen LogP contribution >= 0.6 is 0 Å². The zero-order chi connectivity index (χ0) is 16.7. The van der Waals surface area contributed by atoms with Crippen molar-refractivity contribution in [1.82, 2.24) is 5.32 Å². The average molecular weight is 347 g/mol. The molecule has 2 aliphatic carbocycles. The van der Waals surface area contributed by atoms with Crippen molar-refractivity contribution in [2.45, 2.75) is 82.7 Å². The van der Waals surface area contributed by atoms with Crippen molar-refractivity contribution in [2.24, 2.45) is 17.6 Å². The Morgan fingerprint density at radius 3 is 2.04 bits per heavy atom. The summed E-state index contributed by atoms with van der Waals surface area (Å²) in [4.78, 5) is 0. The molecule has 0 bridgehead atoms. The lowest BCUT2D eigenvalue weighted by molar-refractivity contribution is 0.215. The topological polar surface area (TPSA) is 92.4 Å². The van der Waals surface area contributed by atoms with Gasteiger partial charge in [-0.05, 0) is 89.0 Å². The molecule has 136 valence electrons. The first-order chi connectivity index (χ1) is 10.9. The van der Waals surface area contributed by atoms with Crippen molar-refractivity contribution in [1.29, 1.82) is 0 Å². The lowest BCUT2D eigenvalue weighted by Crippen LogP contribution is -2.34. The van der Waals surface area contributed by atoms with Gasteiger partial charge in [0.05, 0.1) is 5.75 Å². The van der Waals surface area contributed by atoms with E-state index in [0.29, 0.717) is 18.5 Å². The molecule has 0 aromatic heterocycles. The van der Waals surface area contributed by atoms with Crippen LogP contribution in [0.5, 0.6) is 0 Å². The molecule has 0 radical (unpaired) electrons. The molecule has 0 heterocycles. The third kappa shape index (κ3) is 7.96. The van der Waals surface area contributed by atoms with Gasteiger partial charge in [0.2, 0.25) is 0 Å². The van der Waals surface area contributed by atoms with E-state index < -0.39 is 10.1 Å². The maximum atomic E-state index is 10.6. The summed E-state index contributed by atoms with van der Waals surface area (Å²) in [5, 5.41) is 3.54. The molecule has 0 aromatic rings. The SMILES string of the molecule is NC1CCC(CC2CCC(NCCCCS(=O)(=O)O)CC2)CC1. The van der Waals surface area contributed by atoms with E-state index in [2.05, 4.69) is 5.32 Å². The molecule has 5 nitrogen and oxygen atoms in total. The van der Waals surface area contributed by atoms with Gasteiger partial charge >= 0.3 is 0 Å². The van der Waals surface area contributed by atoms with E-state index in [9.17, 15) is 8.42 Å². The Morgan fingerprint density at radius 2 is 1.48 bits per heavy atom.